The molecular formula is C2H2N2O2. The maximum absolute atomic E-state index is 9.25. The first-order chi connectivity index (χ1) is 2.77. The van der Waals surface area contributed by atoms with Crippen LogP contribution >= 0.6 is 0 Å². The van der Waals surface area contributed by atoms with E-state index in [9.17, 15) is 4.79 Å². The average Bonchev–Trinajstić information content (AvgIpc) is 1.35. The second-order valence-corrected chi connectivity index (χ2v) is 0.506. The lowest BCUT2D eigenvalue weighted by atomic mass is 11.2. The van der Waals surface area contributed by atoms with Crippen molar-refractivity contribution < 1.29 is 9.90 Å². The number of nitrogens with zero attached hydrogens (tertiary/aromatic N) is 1. The zero-order valence-corrected chi connectivity index (χ0v) is 2.80. The van der Waals surface area contributed by atoms with Crippen LogP contribution in [0.1, 0.15) is 0 Å². The van der Waals surface area contributed by atoms with E-state index >= 15 is 0 Å². The van der Waals surface area contributed by atoms with Gasteiger partial charge in [0, 0.05) is 0 Å². The van der Waals surface area contributed by atoms with Crippen molar-refractivity contribution in [2.75, 3.05) is 0 Å². The standard InChI is InChI=1S/C2H2N2O2/c3-1-4-2(5)6/h3H,(H,5,6). The zero-order valence-electron chi connectivity index (χ0n) is 2.80. The Kier molecular flexibility index (Phi) is 1.71. The number of amides is 1. The third-order valence-electron chi connectivity index (χ3n) is 0.152. The minimum absolute atomic E-state index is 1.34. The van der Waals surface area contributed by atoms with Gasteiger partial charge in [-0.1, -0.05) is 0 Å². The Hall–Kier alpha value is -1.15. The summed E-state index contributed by atoms with van der Waals surface area (Å²) in [4.78, 5) is 11.7. The van der Waals surface area contributed by atoms with Crippen LogP contribution in [0.5, 0.6) is 0 Å². The molecule has 0 bridgehead atoms. The molecule has 0 aliphatic heterocycles. The molecule has 4 nitrogen and oxygen atoms in total. The van der Waals surface area contributed by atoms with Gasteiger partial charge in [0.05, 0.1) is 6.01 Å². The summed E-state index contributed by atoms with van der Waals surface area (Å²) in [5.74, 6) is 0. The summed E-state index contributed by atoms with van der Waals surface area (Å²) in [5, 5.41) is 13.5. The smallest absolute Gasteiger partial charge is 0.440 e. The zero-order chi connectivity index (χ0) is 4.99. The number of carbonyl (C=O) groups is 1. The molecule has 0 saturated heterocycles. The van der Waals surface area contributed by atoms with Crippen molar-refractivity contribution in [1.82, 2.24) is 0 Å². The van der Waals surface area contributed by atoms with Crippen LogP contribution in [0.3, 0.4) is 0 Å². The van der Waals surface area contributed by atoms with Gasteiger partial charge in [0.15, 0.2) is 0 Å². The van der Waals surface area contributed by atoms with E-state index in [2.05, 4.69) is 4.99 Å². The summed E-state index contributed by atoms with van der Waals surface area (Å²) in [6, 6.07) is 1.34. The number of carboxylic acid groups (broad SMARTS) is 1. The Morgan fingerprint density at radius 3 is 2.50 bits per heavy atom. The maximum atomic E-state index is 9.25. The molecule has 2 N–H and O–H groups in total. The Bertz CT molecular complexity index is 102. The molecule has 0 fully saturated rings. The van der Waals surface area contributed by atoms with Crippen LogP contribution in [0, 0.1) is 5.41 Å². The third kappa shape index (κ3) is 2.85. The van der Waals surface area contributed by atoms with Gasteiger partial charge in [0.2, 0.25) is 0 Å². The topological polar surface area (TPSA) is 73.5 Å². The number of hydrogen-bond donors (Lipinski definition) is 2. The van der Waals surface area contributed by atoms with Gasteiger partial charge < -0.3 is 5.11 Å². The van der Waals surface area contributed by atoms with Crippen LogP contribution in [-0.2, 0) is 0 Å². The molecule has 0 radical (unpaired) electrons. The highest BCUT2D eigenvalue weighted by Crippen LogP contribution is 1.61. The second-order valence-electron chi connectivity index (χ2n) is 0.506. The molecule has 32 valence electrons. The monoisotopic (exact) mass is 86.0 g/mol. The molecule has 0 aliphatic rings. The number of hydrogen-bond acceptors (Lipinski definition) is 2. The minimum Gasteiger partial charge on any atom is -0.463 e. The fourth-order valence-corrected chi connectivity index (χ4v) is 0.0478. The highest BCUT2D eigenvalue weighted by atomic mass is 16.4. The van der Waals surface area contributed by atoms with Crippen LogP contribution in [0.4, 0.5) is 4.79 Å². The third-order valence-corrected chi connectivity index (χ3v) is 0.152. The second kappa shape index (κ2) is 2.11. The van der Waals surface area contributed by atoms with E-state index in [0.29, 0.717) is 0 Å². The van der Waals surface area contributed by atoms with Crippen LogP contribution < -0.4 is 0 Å². The lowest BCUT2D eigenvalue weighted by Crippen LogP contribution is -1.79. The van der Waals surface area contributed by atoms with Crippen molar-refractivity contribution in [2.24, 2.45) is 4.99 Å². The molecule has 0 aliphatic carbocycles. The summed E-state index contributed by atoms with van der Waals surface area (Å²) in [7, 11) is 0. The summed E-state index contributed by atoms with van der Waals surface area (Å²) >= 11 is 0. The lowest BCUT2D eigenvalue weighted by Gasteiger charge is -1.63. The SMILES string of the molecule is N=C=NC(=O)O. The van der Waals surface area contributed by atoms with Gasteiger partial charge in [-0.2, -0.15) is 0 Å². The van der Waals surface area contributed by atoms with E-state index in [-0.39, 0.29) is 0 Å². The van der Waals surface area contributed by atoms with Gasteiger partial charge in [-0.3, -0.25) is 0 Å². The fraction of sp³-hybridized carbons (Fsp3) is 0. The Morgan fingerprint density at radius 1 is 2.00 bits per heavy atom. The molecule has 0 unspecified atom stereocenters. The van der Waals surface area contributed by atoms with Crippen molar-refractivity contribution in [2.45, 2.75) is 0 Å². The predicted octanol–water partition coefficient (Wildman–Crippen LogP) is 0.417. The van der Waals surface area contributed by atoms with E-state index in [1.165, 1.54) is 6.01 Å². The summed E-state index contributed by atoms with van der Waals surface area (Å²) < 4.78 is 0. The Labute approximate surface area is 33.6 Å². The lowest BCUT2D eigenvalue weighted by molar-refractivity contribution is 0.206. The number of nitrogens with one attached hydrogen (secondary N) is 1. The van der Waals surface area contributed by atoms with Gasteiger partial charge in [-0.05, 0) is 0 Å². The molecule has 0 aromatic carbocycles. The Morgan fingerprint density at radius 2 is 2.50 bits per heavy atom. The molecule has 0 aromatic heterocycles. The van der Waals surface area contributed by atoms with Gasteiger partial charge in [0.25, 0.3) is 0 Å². The fourth-order valence-electron chi connectivity index (χ4n) is 0.0478. The quantitative estimate of drug-likeness (QED) is 0.419. The van der Waals surface area contributed by atoms with Gasteiger partial charge in [0.1, 0.15) is 0 Å². The minimum atomic E-state index is -1.38. The summed E-state index contributed by atoms with van der Waals surface area (Å²) in [5.41, 5.74) is 0. The molecule has 0 heterocycles. The molecule has 6 heavy (non-hydrogen) atoms. The molecule has 0 atom stereocenters. The van der Waals surface area contributed by atoms with E-state index in [4.69, 9.17) is 10.5 Å². The Balaban J connectivity index is 3.60. The molecule has 0 aromatic rings. The molecule has 0 saturated carbocycles. The van der Waals surface area contributed by atoms with Gasteiger partial charge >= 0.3 is 6.09 Å². The van der Waals surface area contributed by atoms with E-state index in [1.54, 1.807) is 0 Å². The van der Waals surface area contributed by atoms with Gasteiger partial charge in [-0.25, -0.2) is 10.2 Å². The molecule has 1 amide bonds. The van der Waals surface area contributed by atoms with Crippen molar-refractivity contribution >= 4 is 12.1 Å². The van der Waals surface area contributed by atoms with Crippen molar-refractivity contribution in [3.05, 3.63) is 0 Å². The average molecular weight is 86.0 g/mol. The van der Waals surface area contributed by atoms with E-state index in [0.717, 1.165) is 0 Å². The van der Waals surface area contributed by atoms with Crippen molar-refractivity contribution in [3.63, 3.8) is 0 Å². The molecule has 4 heteroatoms. The normalized spacial score (nSPS) is 6.00. The number of aliphatic imine (C=N–C) groups is 1. The van der Waals surface area contributed by atoms with Crippen LogP contribution in [0.2, 0.25) is 0 Å². The molecule has 0 rings (SSSR count). The largest absolute Gasteiger partial charge is 0.463 e. The first-order valence-corrected chi connectivity index (χ1v) is 1.12. The van der Waals surface area contributed by atoms with Gasteiger partial charge in [-0.15, -0.1) is 4.99 Å². The first kappa shape index (κ1) is 4.85. The van der Waals surface area contributed by atoms with Crippen LogP contribution in [0.25, 0.3) is 0 Å². The maximum Gasteiger partial charge on any atom is 0.440 e. The highest BCUT2D eigenvalue weighted by Gasteiger charge is 1.78. The highest BCUT2D eigenvalue weighted by molar-refractivity contribution is 5.72. The molecular weight excluding hydrogens is 84.0 g/mol. The van der Waals surface area contributed by atoms with Crippen LogP contribution in [-0.4, -0.2) is 17.2 Å². The summed E-state index contributed by atoms with van der Waals surface area (Å²) in [6.45, 7) is 0. The molecule has 0 spiro atoms. The van der Waals surface area contributed by atoms with Crippen LogP contribution in [0.15, 0.2) is 4.99 Å². The van der Waals surface area contributed by atoms with Crippen molar-refractivity contribution in [3.8, 4) is 0 Å². The van der Waals surface area contributed by atoms with Crippen molar-refractivity contribution in [1.29, 1.82) is 5.41 Å². The summed E-state index contributed by atoms with van der Waals surface area (Å²) in [6.07, 6.45) is -1.38. The first-order valence-electron chi connectivity index (χ1n) is 1.12. The van der Waals surface area contributed by atoms with E-state index < -0.39 is 6.09 Å². The number of rotatable bonds is 0. The van der Waals surface area contributed by atoms with E-state index in [1.807, 2.05) is 0 Å². The predicted molar refractivity (Wildman–Crippen MR) is 18.2 cm³/mol.